The zero-order valence-electron chi connectivity index (χ0n) is 26.0. The summed E-state index contributed by atoms with van der Waals surface area (Å²) in [6.07, 6.45) is 8.39. The lowest BCUT2D eigenvalue weighted by Gasteiger charge is -2.18. The van der Waals surface area contributed by atoms with Crippen LogP contribution in [0.4, 0.5) is 0 Å². The quantitative estimate of drug-likeness (QED) is 0.194. The Labute approximate surface area is 281 Å². The predicted octanol–water partition coefficient (Wildman–Crippen LogP) is 12.2. The summed E-state index contributed by atoms with van der Waals surface area (Å²) in [7, 11) is 0. The van der Waals surface area contributed by atoms with Gasteiger partial charge in [-0.05, 0) is 77.1 Å². The Hall–Kier alpha value is -5.84. The Morgan fingerprint density at radius 2 is 1.25 bits per heavy atom. The number of nitrogens with zero attached hydrogens (tertiary/aromatic N) is 2. The van der Waals surface area contributed by atoms with Gasteiger partial charge in [0.2, 0.25) is 0 Å². The summed E-state index contributed by atoms with van der Waals surface area (Å²) >= 11 is 1.85. The van der Waals surface area contributed by atoms with Crippen molar-refractivity contribution in [3.8, 4) is 33.6 Å². The van der Waals surface area contributed by atoms with Gasteiger partial charge in [-0.2, -0.15) is 0 Å². The standard InChI is InChI=1S/C44H28N2OS/c1-3-13-41-33(7-1)35-9-5-11-37(43(35)47-41)39-21-19-30(25-45-39)28-17-15-27-16-18-29(24-32(27)23-28)31-20-22-40(46-26-31)38-12-6-10-36-34-8-2-4-14-42(34)48-44(36)38/h1-15,17,19-26H,16,18H2. The molecule has 0 spiro atoms. The molecule has 3 nitrogen and oxygen atoms in total. The van der Waals surface area contributed by atoms with E-state index in [0.29, 0.717) is 0 Å². The Morgan fingerprint density at radius 3 is 2.10 bits per heavy atom. The Bertz CT molecular complexity index is 2710. The molecule has 0 radical (unpaired) electrons. The molecular formula is C44H28N2OS. The van der Waals surface area contributed by atoms with E-state index in [1.165, 1.54) is 48.0 Å². The van der Waals surface area contributed by atoms with Crippen LogP contribution in [-0.4, -0.2) is 9.97 Å². The molecular weight excluding hydrogens is 605 g/mol. The molecule has 10 rings (SSSR count). The summed E-state index contributed by atoms with van der Waals surface area (Å²) in [6, 6.07) is 45.2. The fraction of sp³-hybridized carbons (Fsp3) is 0.0455. The molecule has 0 fully saturated rings. The highest BCUT2D eigenvalue weighted by Crippen LogP contribution is 2.40. The largest absolute Gasteiger partial charge is 0.455 e. The van der Waals surface area contributed by atoms with Gasteiger partial charge < -0.3 is 4.42 Å². The second kappa shape index (κ2) is 10.9. The third kappa shape index (κ3) is 4.41. The first-order valence-electron chi connectivity index (χ1n) is 16.3. The number of hydrogen-bond donors (Lipinski definition) is 0. The first-order chi connectivity index (χ1) is 23.8. The Balaban J connectivity index is 0.947. The van der Waals surface area contributed by atoms with Gasteiger partial charge in [-0.15, -0.1) is 11.3 Å². The van der Waals surface area contributed by atoms with Gasteiger partial charge in [0.15, 0.2) is 0 Å². The first kappa shape index (κ1) is 27.3. The lowest BCUT2D eigenvalue weighted by Crippen LogP contribution is -2.00. The van der Waals surface area contributed by atoms with Crippen LogP contribution >= 0.6 is 11.3 Å². The second-order valence-electron chi connectivity index (χ2n) is 12.5. The minimum absolute atomic E-state index is 0.880. The monoisotopic (exact) mass is 632 g/mol. The van der Waals surface area contributed by atoms with Gasteiger partial charge in [0, 0.05) is 60.0 Å². The smallest absolute Gasteiger partial charge is 0.144 e. The molecule has 1 aliphatic carbocycles. The van der Waals surface area contributed by atoms with Gasteiger partial charge in [-0.3, -0.25) is 9.97 Å². The number of para-hydroxylation sites is 2. The number of benzene rings is 5. The predicted molar refractivity (Wildman–Crippen MR) is 201 cm³/mol. The maximum atomic E-state index is 6.27. The molecule has 48 heavy (non-hydrogen) atoms. The molecule has 5 aromatic carbocycles. The number of furan rings is 1. The van der Waals surface area contributed by atoms with Gasteiger partial charge in [0.1, 0.15) is 11.2 Å². The van der Waals surface area contributed by atoms with E-state index in [-0.39, 0.29) is 0 Å². The second-order valence-corrected chi connectivity index (χ2v) is 13.6. The topological polar surface area (TPSA) is 38.9 Å². The average molecular weight is 633 g/mol. The maximum Gasteiger partial charge on any atom is 0.144 e. The van der Waals surface area contributed by atoms with E-state index < -0.39 is 0 Å². The molecule has 4 aromatic heterocycles. The molecule has 0 atom stereocenters. The summed E-state index contributed by atoms with van der Waals surface area (Å²) in [5, 5.41) is 4.86. The van der Waals surface area contributed by atoms with Crippen LogP contribution in [0.25, 0.3) is 87.4 Å². The Kier molecular flexibility index (Phi) is 6.18. The molecule has 0 saturated heterocycles. The number of hydrogen-bond acceptors (Lipinski definition) is 4. The lowest BCUT2D eigenvalue weighted by atomic mass is 9.87. The normalized spacial score (nSPS) is 13.0. The molecule has 0 amide bonds. The Morgan fingerprint density at radius 1 is 0.542 bits per heavy atom. The molecule has 226 valence electrons. The van der Waals surface area contributed by atoms with Crippen LogP contribution < -0.4 is 0 Å². The summed E-state index contributed by atoms with van der Waals surface area (Å²) in [5.74, 6) is 0. The number of aromatic nitrogens is 2. The van der Waals surface area contributed by atoms with Gasteiger partial charge in [-0.1, -0.05) is 97.1 Å². The highest BCUT2D eigenvalue weighted by Gasteiger charge is 2.16. The van der Waals surface area contributed by atoms with E-state index >= 15 is 0 Å². The number of rotatable bonds is 4. The first-order valence-corrected chi connectivity index (χ1v) is 17.2. The van der Waals surface area contributed by atoms with Crippen molar-refractivity contribution in [1.82, 2.24) is 9.97 Å². The van der Waals surface area contributed by atoms with Crippen LogP contribution in [0.1, 0.15) is 23.1 Å². The lowest BCUT2D eigenvalue weighted by molar-refractivity contribution is 0.670. The van der Waals surface area contributed by atoms with Crippen LogP contribution in [0, 0.1) is 0 Å². The number of aryl methyl sites for hydroxylation is 1. The summed E-state index contributed by atoms with van der Waals surface area (Å²) in [4.78, 5) is 9.88. The molecule has 0 saturated carbocycles. The molecule has 0 N–H and O–H groups in total. The van der Waals surface area contributed by atoms with E-state index in [1.807, 2.05) is 35.9 Å². The van der Waals surface area contributed by atoms with Gasteiger partial charge in [0.25, 0.3) is 0 Å². The third-order valence-corrected chi connectivity index (χ3v) is 11.0. The minimum atomic E-state index is 0.880. The summed E-state index contributed by atoms with van der Waals surface area (Å²) < 4.78 is 8.88. The summed E-state index contributed by atoms with van der Waals surface area (Å²) in [6.45, 7) is 0. The minimum Gasteiger partial charge on any atom is -0.455 e. The fourth-order valence-corrected chi connectivity index (χ4v) is 8.48. The zero-order chi connectivity index (χ0) is 31.6. The van der Waals surface area contributed by atoms with Crippen LogP contribution in [-0.2, 0) is 6.42 Å². The van der Waals surface area contributed by atoms with Crippen LogP contribution in [0.15, 0.2) is 144 Å². The van der Waals surface area contributed by atoms with Gasteiger partial charge in [0.05, 0.1) is 11.4 Å². The van der Waals surface area contributed by atoms with Crippen molar-refractivity contribution in [3.63, 3.8) is 0 Å². The summed E-state index contributed by atoms with van der Waals surface area (Å²) in [5.41, 5.74) is 13.3. The van der Waals surface area contributed by atoms with Crippen molar-refractivity contribution >= 4 is 65.1 Å². The third-order valence-electron chi connectivity index (χ3n) is 9.73. The molecule has 4 heteroatoms. The number of pyridine rings is 2. The van der Waals surface area contributed by atoms with E-state index in [0.717, 1.165) is 62.9 Å². The van der Waals surface area contributed by atoms with Gasteiger partial charge >= 0.3 is 0 Å². The zero-order valence-corrected chi connectivity index (χ0v) is 26.8. The van der Waals surface area contributed by atoms with Crippen molar-refractivity contribution in [2.24, 2.45) is 0 Å². The van der Waals surface area contributed by atoms with Crippen molar-refractivity contribution in [1.29, 1.82) is 0 Å². The van der Waals surface area contributed by atoms with Crippen molar-refractivity contribution in [2.45, 2.75) is 12.8 Å². The van der Waals surface area contributed by atoms with Crippen LogP contribution in [0.2, 0.25) is 0 Å². The number of fused-ring (bicyclic) bond motifs is 7. The molecule has 0 unspecified atom stereocenters. The highest BCUT2D eigenvalue weighted by molar-refractivity contribution is 7.26. The van der Waals surface area contributed by atoms with Crippen molar-refractivity contribution in [3.05, 3.63) is 156 Å². The number of thiophene rings is 1. The molecule has 0 aliphatic heterocycles. The van der Waals surface area contributed by atoms with E-state index in [4.69, 9.17) is 14.4 Å². The van der Waals surface area contributed by atoms with E-state index in [1.54, 1.807) is 0 Å². The molecule has 9 aromatic rings. The average Bonchev–Trinajstić information content (AvgIpc) is 3.73. The van der Waals surface area contributed by atoms with Crippen molar-refractivity contribution < 1.29 is 4.42 Å². The highest BCUT2D eigenvalue weighted by atomic mass is 32.1. The van der Waals surface area contributed by atoms with E-state index in [2.05, 4.69) is 121 Å². The SMILES string of the molecule is C1=C(c2ccc(-c3cccc4c3sc3ccccc34)nc2)CCc2ccc(-c3ccc(-c4cccc5c4oc4ccccc45)nc3)cc21. The van der Waals surface area contributed by atoms with Crippen LogP contribution in [0.3, 0.4) is 0 Å². The number of allylic oxidation sites excluding steroid dienone is 1. The fourth-order valence-electron chi connectivity index (χ4n) is 7.26. The van der Waals surface area contributed by atoms with Crippen LogP contribution in [0.5, 0.6) is 0 Å². The molecule has 4 heterocycles. The maximum absolute atomic E-state index is 6.27. The van der Waals surface area contributed by atoms with E-state index in [9.17, 15) is 0 Å². The van der Waals surface area contributed by atoms with Gasteiger partial charge in [-0.25, -0.2) is 0 Å². The molecule has 1 aliphatic rings. The van der Waals surface area contributed by atoms with Crippen molar-refractivity contribution in [2.75, 3.05) is 0 Å². The molecule has 0 bridgehead atoms.